The van der Waals surface area contributed by atoms with Crippen molar-refractivity contribution >= 4 is 23.5 Å². The van der Waals surface area contributed by atoms with Crippen molar-refractivity contribution in [1.82, 2.24) is 9.78 Å². The van der Waals surface area contributed by atoms with Gasteiger partial charge in [-0.3, -0.25) is 9.48 Å². The highest BCUT2D eigenvalue weighted by Gasteiger charge is 2.33. The highest BCUT2D eigenvalue weighted by atomic mass is 32.2. The molecule has 27 heavy (non-hydrogen) atoms. The summed E-state index contributed by atoms with van der Waals surface area (Å²) in [5.41, 5.74) is 4.89. The zero-order chi connectivity index (χ0) is 19.6. The summed E-state index contributed by atoms with van der Waals surface area (Å²) in [5, 5.41) is 16.7. The fourth-order valence-corrected chi connectivity index (χ4v) is 4.25. The molecule has 0 aromatic carbocycles. The Kier molecular flexibility index (Phi) is 5.51. The van der Waals surface area contributed by atoms with Crippen molar-refractivity contribution < 1.29 is 18.0 Å². The Morgan fingerprint density at radius 2 is 2.26 bits per heavy atom. The molecule has 0 spiro atoms. The molecule has 2 heterocycles. The van der Waals surface area contributed by atoms with E-state index in [1.807, 2.05) is 0 Å². The van der Waals surface area contributed by atoms with Crippen LogP contribution in [0.15, 0.2) is 30.0 Å². The van der Waals surface area contributed by atoms with Gasteiger partial charge in [0, 0.05) is 18.0 Å². The number of aromatic nitrogens is 2. The first-order chi connectivity index (χ1) is 12.8. The third kappa shape index (κ3) is 4.30. The largest absolute Gasteiger partial charge is 0.416 e. The molecule has 1 saturated heterocycles. The van der Waals surface area contributed by atoms with E-state index in [2.05, 4.69) is 16.5 Å². The van der Waals surface area contributed by atoms with Crippen LogP contribution >= 0.6 is 11.8 Å². The number of nitriles is 1. The van der Waals surface area contributed by atoms with E-state index in [-0.39, 0.29) is 29.8 Å². The summed E-state index contributed by atoms with van der Waals surface area (Å²) in [6, 6.07) is 1.66. The number of hydrogen-bond donors (Lipinski definition) is 2. The number of amides is 1. The van der Waals surface area contributed by atoms with Crippen molar-refractivity contribution in [1.29, 1.82) is 5.26 Å². The van der Waals surface area contributed by atoms with Gasteiger partial charge in [0.1, 0.15) is 5.56 Å². The summed E-state index contributed by atoms with van der Waals surface area (Å²) in [4.78, 5) is 11.8. The quantitative estimate of drug-likeness (QED) is 0.814. The highest BCUT2D eigenvalue weighted by molar-refractivity contribution is 7.99. The molecule has 1 amide bonds. The first-order valence-electron chi connectivity index (χ1n) is 8.38. The number of rotatable bonds is 4. The van der Waals surface area contributed by atoms with Gasteiger partial charge < -0.3 is 11.1 Å². The Labute approximate surface area is 158 Å². The fraction of sp³-hybridized carbons (Fsp3) is 0.471. The third-order valence-corrected chi connectivity index (χ3v) is 5.69. The maximum atomic E-state index is 12.7. The Bertz CT molecular complexity index is 824. The minimum Gasteiger partial charge on any atom is -0.365 e. The van der Waals surface area contributed by atoms with Gasteiger partial charge in [-0.2, -0.15) is 35.3 Å². The summed E-state index contributed by atoms with van der Waals surface area (Å²) in [5.74, 6) is 0.869. The Morgan fingerprint density at radius 3 is 2.85 bits per heavy atom. The molecule has 1 unspecified atom stereocenters. The van der Waals surface area contributed by atoms with E-state index in [4.69, 9.17) is 5.73 Å². The van der Waals surface area contributed by atoms with E-state index in [9.17, 15) is 23.2 Å². The molecule has 0 radical (unpaired) electrons. The van der Waals surface area contributed by atoms with Crippen LogP contribution < -0.4 is 11.1 Å². The maximum absolute atomic E-state index is 12.7. The average molecular weight is 397 g/mol. The minimum atomic E-state index is -4.38. The summed E-state index contributed by atoms with van der Waals surface area (Å²) >= 11 is 1.70. The van der Waals surface area contributed by atoms with Gasteiger partial charge >= 0.3 is 6.18 Å². The van der Waals surface area contributed by atoms with Crippen molar-refractivity contribution in [2.75, 3.05) is 16.8 Å². The van der Waals surface area contributed by atoms with Crippen LogP contribution in [0.1, 0.15) is 29.2 Å². The van der Waals surface area contributed by atoms with E-state index in [0.717, 1.165) is 24.3 Å². The summed E-state index contributed by atoms with van der Waals surface area (Å²) in [7, 11) is 0. The lowest BCUT2D eigenvalue weighted by Crippen LogP contribution is -2.26. The van der Waals surface area contributed by atoms with Crippen LogP contribution in [0.2, 0.25) is 0 Å². The molecule has 1 aromatic heterocycles. The minimum absolute atomic E-state index is 0.108. The number of alkyl halides is 3. The lowest BCUT2D eigenvalue weighted by molar-refractivity contribution is -0.0886. The Morgan fingerprint density at radius 1 is 1.48 bits per heavy atom. The van der Waals surface area contributed by atoms with Gasteiger partial charge in [0.15, 0.2) is 5.82 Å². The standard InChI is InChI=1S/C17H18F3N5OS/c18-17(19,20)11-1-3-12(4-2-11)23-16-13(15(22)26)8-25(24-16)14-5-6-27-9-10(14)7-21/h1-3,8,10,12,14H,4-6,9H2,(H2,22,26)(H,23,24)/t10-,12?,14+/m1/s1. The summed E-state index contributed by atoms with van der Waals surface area (Å²) in [6.45, 7) is 0. The molecule has 1 aromatic rings. The molecule has 3 N–H and O–H groups in total. The lowest BCUT2D eigenvalue weighted by Gasteiger charge is -2.26. The lowest BCUT2D eigenvalue weighted by atomic mass is 10.0. The molecule has 1 fully saturated rings. The molecular formula is C17H18F3N5OS. The molecular weight excluding hydrogens is 379 g/mol. The van der Waals surface area contributed by atoms with Gasteiger partial charge in [-0.1, -0.05) is 18.2 Å². The van der Waals surface area contributed by atoms with Gasteiger partial charge in [-0.05, 0) is 18.6 Å². The zero-order valence-electron chi connectivity index (χ0n) is 14.2. The number of halogens is 3. The van der Waals surface area contributed by atoms with E-state index >= 15 is 0 Å². The number of primary amides is 1. The number of carbonyl (C=O) groups excluding carboxylic acids is 1. The van der Waals surface area contributed by atoms with E-state index in [0.29, 0.717) is 5.75 Å². The Balaban J connectivity index is 1.79. The van der Waals surface area contributed by atoms with Crippen molar-refractivity contribution in [2.45, 2.75) is 31.1 Å². The molecule has 2 aliphatic rings. The van der Waals surface area contributed by atoms with Crippen LogP contribution in [0.25, 0.3) is 0 Å². The number of allylic oxidation sites excluding steroid dienone is 2. The normalized spacial score (nSPS) is 25.6. The number of nitrogens with one attached hydrogen (secondary N) is 1. The topological polar surface area (TPSA) is 96.7 Å². The number of nitrogens with two attached hydrogens (primary N) is 1. The van der Waals surface area contributed by atoms with Gasteiger partial charge in [0.05, 0.1) is 23.6 Å². The predicted molar refractivity (Wildman–Crippen MR) is 96.1 cm³/mol. The third-order valence-electron chi connectivity index (χ3n) is 4.57. The first kappa shape index (κ1) is 19.4. The van der Waals surface area contributed by atoms with E-state index < -0.39 is 23.7 Å². The highest BCUT2D eigenvalue weighted by Crippen LogP contribution is 2.34. The SMILES string of the molecule is N#C[C@@H]1CSCC[C@@H]1n1cc(C(N)=O)c(NC2C=CC(C(F)(F)F)=CC2)n1. The van der Waals surface area contributed by atoms with E-state index in [1.165, 1.54) is 12.3 Å². The predicted octanol–water partition coefficient (Wildman–Crippen LogP) is 3.03. The van der Waals surface area contributed by atoms with Crippen LogP contribution in [0.4, 0.5) is 19.0 Å². The molecule has 6 nitrogen and oxygen atoms in total. The molecule has 1 aliphatic carbocycles. The van der Waals surface area contributed by atoms with Gasteiger partial charge in [0.2, 0.25) is 0 Å². The van der Waals surface area contributed by atoms with Gasteiger partial charge in [-0.25, -0.2) is 0 Å². The first-order valence-corrected chi connectivity index (χ1v) is 9.53. The summed E-state index contributed by atoms with van der Waals surface area (Å²) in [6.07, 6.45) is 1.48. The van der Waals surface area contributed by atoms with Crippen LogP contribution in [-0.4, -0.2) is 39.4 Å². The number of nitrogens with zero attached hydrogens (tertiary/aromatic N) is 3. The molecule has 3 atom stereocenters. The Hall–Kier alpha value is -2.41. The molecule has 0 bridgehead atoms. The fourth-order valence-electron chi connectivity index (χ4n) is 3.13. The van der Waals surface area contributed by atoms with Crippen molar-refractivity contribution in [3.05, 3.63) is 35.6 Å². The summed E-state index contributed by atoms with van der Waals surface area (Å²) < 4.78 is 39.7. The van der Waals surface area contributed by atoms with Crippen molar-refractivity contribution in [3.8, 4) is 6.07 Å². The molecule has 144 valence electrons. The van der Waals surface area contributed by atoms with Crippen LogP contribution in [0, 0.1) is 17.2 Å². The number of anilines is 1. The number of hydrogen-bond acceptors (Lipinski definition) is 5. The molecule has 0 saturated carbocycles. The van der Waals surface area contributed by atoms with Gasteiger partial charge in [0.25, 0.3) is 5.91 Å². The van der Waals surface area contributed by atoms with Crippen LogP contribution in [0.5, 0.6) is 0 Å². The van der Waals surface area contributed by atoms with Gasteiger partial charge in [-0.15, -0.1) is 0 Å². The monoisotopic (exact) mass is 397 g/mol. The second-order valence-electron chi connectivity index (χ2n) is 6.41. The van der Waals surface area contributed by atoms with Crippen LogP contribution in [-0.2, 0) is 0 Å². The number of carbonyl (C=O) groups is 1. The number of thioether (sulfide) groups is 1. The molecule has 1 aliphatic heterocycles. The van der Waals surface area contributed by atoms with Crippen LogP contribution in [0.3, 0.4) is 0 Å². The second-order valence-corrected chi connectivity index (χ2v) is 7.55. The zero-order valence-corrected chi connectivity index (χ0v) is 15.1. The molecule has 3 rings (SSSR count). The van der Waals surface area contributed by atoms with E-state index in [1.54, 1.807) is 16.4 Å². The second kappa shape index (κ2) is 7.68. The van der Waals surface area contributed by atoms with Crippen molar-refractivity contribution in [3.63, 3.8) is 0 Å². The van der Waals surface area contributed by atoms with Crippen molar-refractivity contribution in [2.24, 2.45) is 11.7 Å². The molecule has 10 heteroatoms. The maximum Gasteiger partial charge on any atom is 0.416 e. The average Bonchev–Trinajstić information content (AvgIpc) is 3.05. The smallest absolute Gasteiger partial charge is 0.365 e.